The first-order chi connectivity index (χ1) is 8.11. The first-order valence-corrected chi connectivity index (χ1v) is 7.05. The summed E-state index contributed by atoms with van der Waals surface area (Å²) in [6.07, 6.45) is 1.87. The zero-order valence-electron chi connectivity index (χ0n) is 10.3. The van der Waals surface area contributed by atoms with Crippen LogP contribution in [0.4, 0.5) is 0 Å². The van der Waals surface area contributed by atoms with E-state index < -0.39 is 0 Å². The molecule has 1 atom stereocenters. The fourth-order valence-corrected chi connectivity index (χ4v) is 2.41. The van der Waals surface area contributed by atoms with E-state index in [1.54, 1.807) is 11.3 Å². The summed E-state index contributed by atoms with van der Waals surface area (Å²) in [6.45, 7) is 5.23. The van der Waals surface area contributed by atoms with Crippen LogP contribution in [0.2, 0.25) is 4.34 Å². The fourth-order valence-electron chi connectivity index (χ4n) is 1.33. The lowest BCUT2D eigenvalue weighted by molar-refractivity contribution is -0.120. The summed E-state index contributed by atoms with van der Waals surface area (Å²) >= 11 is 7.42. The van der Waals surface area contributed by atoms with Gasteiger partial charge < -0.3 is 10.6 Å². The Balaban J connectivity index is 2.10. The molecule has 0 aliphatic heterocycles. The van der Waals surface area contributed by atoms with Crippen molar-refractivity contribution < 1.29 is 4.79 Å². The SMILES string of the molecule is CCC(C)NC(=O)CNCCc1ccc(Cl)s1. The van der Waals surface area contributed by atoms with E-state index in [1.807, 2.05) is 19.1 Å². The van der Waals surface area contributed by atoms with Crippen molar-refractivity contribution in [1.29, 1.82) is 0 Å². The number of nitrogens with one attached hydrogen (secondary N) is 2. The van der Waals surface area contributed by atoms with Gasteiger partial charge in [-0.25, -0.2) is 0 Å². The third-order valence-corrected chi connectivity index (χ3v) is 3.77. The van der Waals surface area contributed by atoms with E-state index in [0.29, 0.717) is 6.54 Å². The van der Waals surface area contributed by atoms with Crippen LogP contribution in [0, 0.1) is 0 Å². The van der Waals surface area contributed by atoms with Gasteiger partial charge in [-0.2, -0.15) is 0 Å². The van der Waals surface area contributed by atoms with Crippen LogP contribution in [0.15, 0.2) is 12.1 Å². The van der Waals surface area contributed by atoms with Crippen LogP contribution in [0.3, 0.4) is 0 Å². The van der Waals surface area contributed by atoms with E-state index in [1.165, 1.54) is 4.88 Å². The molecule has 1 heterocycles. The second kappa shape index (κ2) is 7.69. The molecule has 0 aromatic carbocycles. The molecule has 0 bridgehead atoms. The zero-order chi connectivity index (χ0) is 12.7. The lowest BCUT2D eigenvalue weighted by Gasteiger charge is -2.11. The van der Waals surface area contributed by atoms with Crippen molar-refractivity contribution in [2.24, 2.45) is 0 Å². The number of amides is 1. The summed E-state index contributed by atoms with van der Waals surface area (Å²) in [7, 11) is 0. The molecule has 1 aromatic rings. The third kappa shape index (κ3) is 6.05. The fraction of sp³-hybridized carbons (Fsp3) is 0.583. The maximum atomic E-state index is 11.4. The number of carbonyl (C=O) groups excluding carboxylic acids is 1. The summed E-state index contributed by atoms with van der Waals surface area (Å²) in [4.78, 5) is 12.7. The molecule has 96 valence electrons. The quantitative estimate of drug-likeness (QED) is 0.750. The maximum Gasteiger partial charge on any atom is 0.234 e. The maximum absolute atomic E-state index is 11.4. The van der Waals surface area contributed by atoms with E-state index in [9.17, 15) is 4.79 Å². The molecule has 17 heavy (non-hydrogen) atoms. The van der Waals surface area contributed by atoms with Crippen molar-refractivity contribution in [2.45, 2.75) is 32.7 Å². The van der Waals surface area contributed by atoms with Gasteiger partial charge in [-0.3, -0.25) is 4.79 Å². The summed E-state index contributed by atoms with van der Waals surface area (Å²) in [5, 5.41) is 6.04. The van der Waals surface area contributed by atoms with Gasteiger partial charge in [0, 0.05) is 17.5 Å². The average Bonchev–Trinajstić information content (AvgIpc) is 2.70. The van der Waals surface area contributed by atoms with Crippen molar-refractivity contribution in [3.63, 3.8) is 0 Å². The molecular weight excluding hydrogens is 256 g/mol. The number of hydrogen-bond donors (Lipinski definition) is 2. The first-order valence-electron chi connectivity index (χ1n) is 5.86. The van der Waals surface area contributed by atoms with Crippen molar-refractivity contribution in [3.05, 3.63) is 21.3 Å². The van der Waals surface area contributed by atoms with Gasteiger partial charge >= 0.3 is 0 Å². The van der Waals surface area contributed by atoms with Gasteiger partial charge in [-0.05, 0) is 31.9 Å². The van der Waals surface area contributed by atoms with Gasteiger partial charge in [0.25, 0.3) is 0 Å². The molecular formula is C12H19ClN2OS. The first kappa shape index (κ1) is 14.5. The van der Waals surface area contributed by atoms with E-state index in [0.717, 1.165) is 23.7 Å². The summed E-state index contributed by atoms with van der Waals surface area (Å²) in [6, 6.07) is 4.17. The van der Waals surface area contributed by atoms with Crippen LogP contribution in [-0.4, -0.2) is 25.0 Å². The van der Waals surface area contributed by atoms with Crippen LogP contribution in [-0.2, 0) is 11.2 Å². The number of rotatable bonds is 7. The molecule has 0 spiro atoms. The lowest BCUT2D eigenvalue weighted by atomic mass is 10.2. The standard InChI is InChI=1S/C12H19ClN2OS/c1-3-9(2)15-12(16)8-14-7-6-10-4-5-11(13)17-10/h4-5,9,14H,3,6-8H2,1-2H3,(H,15,16). The van der Waals surface area contributed by atoms with Crippen LogP contribution < -0.4 is 10.6 Å². The van der Waals surface area contributed by atoms with Crippen LogP contribution >= 0.6 is 22.9 Å². The van der Waals surface area contributed by atoms with E-state index in [-0.39, 0.29) is 11.9 Å². The summed E-state index contributed by atoms with van der Waals surface area (Å²) in [5.74, 6) is 0.0589. The molecule has 1 amide bonds. The van der Waals surface area contributed by atoms with Gasteiger partial charge in [0.15, 0.2) is 0 Å². The highest BCUT2D eigenvalue weighted by Crippen LogP contribution is 2.21. The van der Waals surface area contributed by atoms with Crippen LogP contribution in [0.25, 0.3) is 0 Å². The monoisotopic (exact) mass is 274 g/mol. The second-order valence-corrected chi connectivity index (χ2v) is 5.81. The molecule has 0 saturated heterocycles. The smallest absolute Gasteiger partial charge is 0.234 e. The van der Waals surface area contributed by atoms with Gasteiger partial charge in [-0.1, -0.05) is 18.5 Å². The van der Waals surface area contributed by atoms with Crippen LogP contribution in [0.5, 0.6) is 0 Å². The Bertz CT molecular complexity index is 354. The third-order valence-electron chi connectivity index (χ3n) is 2.48. The molecule has 0 aliphatic rings. The molecule has 2 N–H and O–H groups in total. The Kier molecular flexibility index (Phi) is 6.55. The lowest BCUT2D eigenvalue weighted by Crippen LogP contribution is -2.39. The van der Waals surface area contributed by atoms with E-state index in [4.69, 9.17) is 11.6 Å². The Morgan fingerprint density at radius 2 is 2.29 bits per heavy atom. The van der Waals surface area contributed by atoms with Crippen molar-refractivity contribution >= 4 is 28.8 Å². The molecule has 0 saturated carbocycles. The molecule has 0 radical (unpaired) electrons. The highest BCUT2D eigenvalue weighted by Gasteiger charge is 2.04. The number of carbonyl (C=O) groups is 1. The average molecular weight is 275 g/mol. The normalized spacial score (nSPS) is 12.4. The zero-order valence-corrected chi connectivity index (χ0v) is 11.8. The van der Waals surface area contributed by atoms with E-state index >= 15 is 0 Å². The summed E-state index contributed by atoms with van der Waals surface area (Å²) in [5.41, 5.74) is 0. The molecule has 3 nitrogen and oxygen atoms in total. The van der Waals surface area contributed by atoms with Crippen molar-refractivity contribution in [3.8, 4) is 0 Å². The highest BCUT2D eigenvalue weighted by molar-refractivity contribution is 7.16. The number of thiophene rings is 1. The second-order valence-electron chi connectivity index (χ2n) is 4.01. The van der Waals surface area contributed by atoms with Crippen molar-refractivity contribution in [1.82, 2.24) is 10.6 Å². The predicted octanol–water partition coefficient (Wildman–Crippen LogP) is 2.45. The largest absolute Gasteiger partial charge is 0.353 e. The molecule has 1 unspecified atom stereocenters. The minimum Gasteiger partial charge on any atom is -0.353 e. The number of hydrogen-bond acceptors (Lipinski definition) is 3. The molecule has 0 fully saturated rings. The Morgan fingerprint density at radius 3 is 2.88 bits per heavy atom. The van der Waals surface area contributed by atoms with Crippen molar-refractivity contribution in [2.75, 3.05) is 13.1 Å². The van der Waals surface area contributed by atoms with Gasteiger partial charge in [0.1, 0.15) is 0 Å². The minimum atomic E-state index is 0.0589. The topological polar surface area (TPSA) is 41.1 Å². The molecule has 1 rings (SSSR count). The highest BCUT2D eigenvalue weighted by atomic mass is 35.5. The van der Waals surface area contributed by atoms with Gasteiger partial charge in [0.2, 0.25) is 5.91 Å². The molecule has 1 aromatic heterocycles. The van der Waals surface area contributed by atoms with Crippen LogP contribution in [0.1, 0.15) is 25.1 Å². The molecule has 0 aliphatic carbocycles. The minimum absolute atomic E-state index is 0.0589. The summed E-state index contributed by atoms with van der Waals surface area (Å²) < 4.78 is 0.814. The molecule has 5 heteroatoms. The number of halogens is 1. The van der Waals surface area contributed by atoms with Gasteiger partial charge in [-0.15, -0.1) is 11.3 Å². The Hall–Kier alpha value is -0.580. The predicted molar refractivity (Wildman–Crippen MR) is 73.8 cm³/mol. The van der Waals surface area contributed by atoms with E-state index in [2.05, 4.69) is 17.6 Å². The Morgan fingerprint density at radius 1 is 1.53 bits per heavy atom. The van der Waals surface area contributed by atoms with Gasteiger partial charge in [0.05, 0.1) is 10.9 Å². The Labute approximate surface area is 112 Å².